The first-order valence-electron chi connectivity index (χ1n) is 5.89. The zero-order valence-electron chi connectivity index (χ0n) is 10.2. The summed E-state index contributed by atoms with van der Waals surface area (Å²) in [5.74, 6) is -0.932. The quantitative estimate of drug-likeness (QED) is 0.805. The van der Waals surface area contributed by atoms with Gasteiger partial charge >= 0.3 is 0 Å². The molecule has 0 aliphatic heterocycles. The highest BCUT2D eigenvalue weighted by Crippen LogP contribution is 2.19. The summed E-state index contributed by atoms with van der Waals surface area (Å²) in [5, 5.41) is 12.7. The van der Waals surface area contributed by atoms with E-state index in [9.17, 15) is 13.9 Å². The van der Waals surface area contributed by atoms with Crippen LogP contribution in [-0.2, 0) is 0 Å². The normalized spacial score (nSPS) is 14.6. The van der Waals surface area contributed by atoms with Gasteiger partial charge in [0, 0.05) is 6.54 Å². The molecule has 0 aliphatic carbocycles. The summed E-state index contributed by atoms with van der Waals surface area (Å²) in [4.78, 5) is 0. The van der Waals surface area contributed by atoms with E-state index in [1.165, 1.54) is 6.07 Å². The van der Waals surface area contributed by atoms with E-state index in [4.69, 9.17) is 0 Å². The van der Waals surface area contributed by atoms with Crippen molar-refractivity contribution >= 4 is 0 Å². The van der Waals surface area contributed by atoms with Gasteiger partial charge in [0.05, 0.1) is 11.7 Å². The van der Waals surface area contributed by atoms with Crippen LogP contribution in [0.4, 0.5) is 8.78 Å². The van der Waals surface area contributed by atoms with Gasteiger partial charge < -0.3 is 10.4 Å². The molecule has 0 aliphatic rings. The van der Waals surface area contributed by atoms with Crippen molar-refractivity contribution < 1.29 is 13.9 Å². The number of hydrogen-bond acceptors (Lipinski definition) is 2. The molecule has 2 atom stereocenters. The monoisotopic (exact) mass is 243 g/mol. The molecule has 2 N–H and O–H groups in total. The molecule has 1 aromatic carbocycles. The third kappa shape index (κ3) is 4.06. The lowest BCUT2D eigenvalue weighted by Crippen LogP contribution is -2.27. The van der Waals surface area contributed by atoms with Crippen LogP contribution in [0.3, 0.4) is 0 Å². The lowest BCUT2D eigenvalue weighted by atomic mass is 10.1. The van der Waals surface area contributed by atoms with Gasteiger partial charge in [0.1, 0.15) is 11.6 Å². The summed E-state index contributed by atoms with van der Waals surface area (Å²) in [7, 11) is 0. The van der Waals surface area contributed by atoms with Gasteiger partial charge in [-0.3, -0.25) is 0 Å². The minimum atomic E-state index is -1.15. The minimum Gasteiger partial charge on any atom is -0.387 e. The van der Waals surface area contributed by atoms with Crippen molar-refractivity contribution in [3.8, 4) is 0 Å². The molecule has 0 fully saturated rings. The second-order valence-electron chi connectivity index (χ2n) is 4.32. The zero-order chi connectivity index (χ0) is 12.8. The Morgan fingerprint density at radius 1 is 1.24 bits per heavy atom. The van der Waals surface area contributed by atoms with Crippen molar-refractivity contribution in [2.24, 2.45) is 5.92 Å². The molecule has 0 heterocycles. The smallest absolute Gasteiger partial charge is 0.131 e. The summed E-state index contributed by atoms with van der Waals surface area (Å²) in [5.41, 5.74) is -0.260. The Labute approximate surface area is 101 Å². The molecule has 0 saturated heterocycles. The second kappa shape index (κ2) is 6.67. The van der Waals surface area contributed by atoms with Crippen LogP contribution in [0.15, 0.2) is 18.2 Å². The molecule has 4 heteroatoms. The van der Waals surface area contributed by atoms with Crippen LogP contribution in [0.2, 0.25) is 0 Å². The van der Waals surface area contributed by atoms with Crippen LogP contribution in [0.1, 0.15) is 31.9 Å². The third-order valence-electron chi connectivity index (χ3n) is 2.86. The average molecular weight is 243 g/mol. The van der Waals surface area contributed by atoms with Crippen LogP contribution >= 0.6 is 0 Å². The molecule has 0 spiro atoms. The standard InChI is InChI=1S/C13H19F2NO/c1-3-9(2)7-16-8-12(17)13-10(14)5-4-6-11(13)15/h4-6,9,12,16-17H,3,7-8H2,1-2H3. The molecule has 0 amide bonds. The molecule has 0 aromatic heterocycles. The summed E-state index contributed by atoms with van der Waals surface area (Å²) >= 11 is 0. The molecule has 0 saturated carbocycles. The minimum absolute atomic E-state index is 0.155. The van der Waals surface area contributed by atoms with E-state index < -0.39 is 17.7 Å². The van der Waals surface area contributed by atoms with Crippen LogP contribution in [0.5, 0.6) is 0 Å². The van der Waals surface area contributed by atoms with Crippen molar-refractivity contribution in [3.63, 3.8) is 0 Å². The highest BCUT2D eigenvalue weighted by atomic mass is 19.1. The third-order valence-corrected chi connectivity index (χ3v) is 2.86. The van der Waals surface area contributed by atoms with Gasteiger partial charge in [0.15, 0.2) is 0 Å². The lowest BCUT2D eigenvalue weighted by molar-refractivity contribution is 0.163. The van der Waals surface area contributed by atoms with Crippen molar-refractivity contribution in [3.05, 3.63) is 35.4 Å². The maximum atomic E-state index is 13.3. The fourth-order valence-corrected chi connectivity index (χ4v) is 1.54. The first-order chi connectivity index (χ1) is 8.06. The van der Waals surface area contributed by atoms with Gasteiger partial charge in [0.2, 0.25) is 0 Å². The Hall–Kier alpha value is -1.00. The predicted octanol–water partition coefficient (Wildman–Crippen LogP) is 2.63. The van der Waals surface area contributed by atoms with Crippen LogP contribution in [0.25, 0.3) is 0 Å². The van der Waals surface area contributed by atoms with Gasteiger partial charge in [-0.05, 0) is 24.6 Å². The molecule has 1 rings (SSSR count). The number of hydrogen-bond donors (Lipinski definition) is 2. The van der Waals surface area contributed by atoms with E-state index in [0.29, 0.717) is 5.92 Å². The van der Waals surface area contributed by atoms with Gasteiger partial charge in [-0.25, -0.2) is 8.78 Å². The van der Waals surface area contributed by atoms with E-state index in [1.807, 2.05) is 0 Å². The SMILES string of the molecule is CCC(C)CNCC(O)c1c(F)cccc1F. The number of aliphatic hydroxyl groups excluding tert-OH is 1. The maximum Gasteiger partial charge on any atom is 0.131 e. The second-order valence-corrected chi connectivity index (χ2v) is 4.32. The number of halogens is 2. The topological polar surface area (TPSA) is 32.3 Å². The van der Waals surface area contributed by atoms with E-state index in [-0.39, 0.29) is 12.1 Å². The Bertz CT molecular complexity index is 337. The first kappa shape index (κ1) is 14.1. The lowest BCUT2D eigenvalue weighted by Gasteiger charge is -2.15. The van der Waals surface area contributed by atoms with Gasteiger partial charge in [-0.15, -0.1) is 0 Å². The molecular weight excluding hydrogens is 224 g/mol. The van der Waals surface area contributed by atoms with E-state index >= 15 is 0 Å². The summed E-state index contributed by atoms with van der Waals surface area (Å²) in [6, 6.07) is 3.58. The Morgan fingerprint density at radius 2 is 1.82 bits per heavy atom. The van der Waals surface area contributed by atoms with Crippen LogP contribution in [0, 0.1) is 17.6 Å². The number of aliphatic hydroxyl groups is 1. The fraction of sp³-hybridized carbons (Fsp3) is 0.538. The maximum absolute atomic E-state index is 13.3. The highest BCUT2D eigenvalue weighted by Gasteiger charge is 2.17. The summed E-state index contributed by atoms with van der Waals surface area (Å²) < 4.78 is 26.7. The van der Waals surface area contributed by atoms with Crippen molar-refractivity contribution in [2.45, 2.75) is 26.4 Å². The molecule has 0 bridgehead atoms. The molecule has 0 radical (unpaired) electrons. The largest absolute Gasteiger partial charge is 0.387 e. The molecular formula is C13H19F2NO. The molecule has 2 unspecified atom stereocenters. The van der Waals surface area contributed by atoms with Crippen molar-refractivity contribution in [1.82, 2.24) is 5.32 Å². The number of rotatable bonds is 6. The zero-order valence-corrected chi connectivity index (χ0v) is 10.2. The van der Waals surface area contributed by atoms with Crippen molar-refractivity contribution in [2.75, 3.05) is 13.1 Å². The van der Waals surface area contributed by atoms with Gasteiger partial charge in [0.25, 0.3) is 0 Å². The van der Waals surface area contributed by atoms with Crippen LogP contribution < -0.4 is 5.32 Å². The van der Waals surface area contributed by atoms with Gasteiger partial charge in [-0.2, -0.15) is 0 Å². The average Bonchev–Trinajstić information content (AvgIpc) is 2.28. The highest BCUT2D eigenvalue weighted by molar-refractivity contribution is 5.22. The fourth-order valence-electron chi connectivity index (χ4n) is 1.54. The van der Waals surface area contributed by atoms with Crippen LogP contribution in [-0.4, -0.2) is 18.2 Å². The van der Waals surface area contributed by atoms with Gasteiger partial charge in [-0.1, -0.05) is 26.3 Å². The molecule has 17 heavy (non-hydrogen) atoms. The Balaban J connectivity index is 2.55. The Morgan fingerprint density at radius 3 is 2.35 bits per heavy atom. The summed E-state index contributed by atoms with van der Waals surface area (Å²) in [6.45, 7) is 5.02. The van der Waals surface area contributed by atoms with E-state index in [0.717, 1.165) is 25.1 Å². The molecule has 1 aromatic rings. The number of nitrogens with one attached hydrogen (secondary N) is 1. The van der Waals surface area contributed by atoms with Crippen molar-refractivity contribution in [1.29, 1.82) is 0 Å². The summed E-state index contributed by atoms with van der Waals surface area (Å²) in [6.07, 6.45) is -0.128. The predicted molar refractivity (Wildman–Crippen MR) is 63.6 cm³/mol. The Kier molecular flexibility index (Phi) is 5.51. The molecule has 2 nitrogen and oxygen atoms in total. The molecule has 96 valence electrons. The first-order valence-corrected chi connectivity index (χ1v) is 5.89. The van der Waals surface area contributed by atoms with E-state index in [1.54, 1.807) is 0 Å². The number of benzene rings is 1. The van der Waals surface area contributed by atoms with E-state index in [2.05, 4.69) is 19.2 Å².